The van der Waals surface area contributed by atoms with Crippen LogP contribution in [0.2, 0.25) is 0 Å². The SMILES string of the molecule is COc1ccc(CNC(=O)c2sc3nc4c(cc3c2N)CC(C)CC4)cc1OC. The number of rotatable bonds is 5. The molecule has 2 aromatic heterocycles. The Balaban J connectivity index is 1.55. The van der Waals surface area contributed by atoms with Gasteiger partial charge < -0.3 is 20.5 Å². The monoisotopic (exact) mass is 411 g/mol. The second kappa shape index (κ2) is 7.91. The van der Waals surface area contributed by atoms with E-state index in [1.807, 2.05) is 18.2 Å². The van der Waals surface area contributed by atoms with Crippen LogP contribution in [0.1, 0.15) is 39.8 Å². The van der Waals surface area contributed by atoms with Gasteiger partial charge in [0.05, 0.1) is 19.9 Å². The molecule has 1 aromatic carbocycles. The lowest BCUT2D eigenvalue weighted by Gasteiger charge is -2.20. The van der Waals surface area contributed by atoms with Gasteiger partial charge in [-0.05, 0) is 54.5 Å². The number of anilines is 1. The quantitative estimate of drug-likeness (QED) is 0.664. The molecule has 1 aliphatic rings. The van der Waals surface area contributed by atoms with Crippen LogP contribution in [0.5, 0.6) is 11.5 Å². The molecule has 0 saturated carbocycles. The molecule has 1 amide bonds. The molecule has 3 N–H and O–H groups in total. The van der Waals surface area contributed by atoms with E-state index in [2.05, 4.69) is 18.3 Å². The fraction of sp³-hybridized carbons (Fsp3) is 0.364. The molecular weight excluding hydrogens is 386 g/mol. The van der Waals surface area contributed by atoms with Crippen molar-refractivity contribution in [2.45, 2.75) is 32.7 Å². The van der Waals surface area contributed by atoms with E-state index in [4.69, 9.17) is 20.2 Å². The van der Waals surface area contributed by atoms with Gasteiger partial charge in [-0.25, -0.2) is 4.98 Å². The largest absolute Gasteiger partial charge is 0.493 e. The Bertz CT molecular complexity index is 1080. The number of thiophene rings is 1. The lowest BCUT2D eigenvalue weighted by Crippen LogP contribution is -2.22. The number of hydrogen-bond acceptors (Lipinski definition) is 6. The third-order valence-corrected chi connectivity index (χ3v) is 6.55. The maximum atomic E-state index is 12.8. The van der Waals surface area contributed by atoms with Gasteiger partial charge in [0.25, 0.3) is 5.91 Å². The van der Waals surface area contributed by atoms with Crippen molar-refractivity contribution < 1.29 is 14.3 Å². The van der Waals surface area contributed by atoms with Gasteiger partial charge >= 0.3 is 0 Å². The third-order valence-electron chi connectivity index (χ3n) is 5.44. The molecule has 4 rings (SSSR count). The fourth-order valence-electron chi connectivity index (χ4n) is 3.79. The highest BCUT2D eigenvalue weighted by atomic mass is 32.1. The number of nitrogens with one attached hydrogen (secondary N) is 1. The predicted octanol–water partition coefficient (Wildman–Crippen LogP) is 3.95. The molecule has 1 atom stereocenters. The maximum Gasteiger partial charge on any atom is 0.263 e. The molecule has 6 nitrogen and oxygen atoms in total. The molecule has 7 heteroatoms. The Morgan fingerprint density at radius 3 is 2.83 bits per heavy atom. The lowest BCUT2D eigenvalue weighted by atomic mass is 9.87. The molecule has 1 aliphatic carbocycles. The Morgan fingerprint density at radius 1 is 1.28 bits per heavy atom. The number of aromatic nitrogens is 1. The van der Waals surface area contributed by atoms with Crippen LogP contribution in [0.3, 0.4) is 0 Å². The van der Waals surface area contributed by atoms with Crippen molar-refractivity contribution in [3.8, 4) is 11.5 Å². The van der Waals surface area contributed by atoms with Gasteiger partial charge in [0, 0.05) is 17.6 Å². The van der Waals surface area contributed by atoms with E-state index < -0.39 is 0 Å². The summed E-state index contributed by atoms with van der Waals surface area (Å²) in [5, 5.41) is 3.84. The first-order valence-corrected chi connectivity index (χ1v) is 10.5. The van der Waals surface area contributed by atoms with Crippen molar-refractivity contribution in [3.63, 3.8) is 0 Å². The van der Waals surface area contributed by atoms with Crippen molar-refractivity contribution >= 4 is 33.1 Å². The maximum absolute atomic E-state index is 12.8. The molecule has 2 heterocycles. The van der Waals surface area contributed by atoms with Crippen LogP contribution in [-0.2, 0) is 19.4 Å². The number of hydrogen-bond donors (Lipinski definition) is 2. The molecule has 1 unspecified atom stereocenters. The minimum absolute atomic E-state index is 0.188. The first-order valence-electron chi connectivity index (χ1n) is 9.70. The Morgan fingerprint density at radius 2 is 2.07 bits per heavy atom. The summed E-state index contributed by atoms with van der Waals surface area (Å²) in [4.78, 5) is 19.0. The summed E-state index contributed by atoms with van der Waals surface area (Å²) >= 11 is 1.36. The van der Waals surface area contributed by atoms with Gasteiger partial charge in [-0.1, -0.05) is 13.0 Å². The minimum Gasteiger partial charge on any atom is -0.493 e. The molecule has 0 saturated heterocycles. The van der Waals surface area contributed by atoms with Crippen molar-refractivity contribution in [1.29, 1.82) is 0 Å². The number of aryl methyl sites for hydroxylation is 1. The van der Waals surface area contributed by atoms with E-state index in [0.29, 0.717) is 34.5 Å². The number of methoxy groups -OCH3 is 2. The van der Waals surface area contributed by atoms with Crippen molar-refractivity contribution in [2.24, 2.45) is 5.92 Å². The Kier molecular flexibility index (Phi) is 5.32. The number of carbonyl (C=O) groups excluding carboxylic acids is 1. The van der Waals surface area contributed by atoms with E-state index in [1.165, 1.54) is 16.9 Å². The zero-order chi connectivity index (χ0) is 20.5. The van der Waals surface area contributed by atoms with E-state index >= 15 is 0 Å². The summed E-state index contributed by atoms with van der Waals surface area (Å²) in [6, 6.07) is 7.70. The number of nitrogens with zero attached hydrogens (tertiary/aromatic N) is 1. The zero-order valence-electron chi connectivity index (χ0n) is 16.9. The highest BCUT2D eigenvalue weighted by molar-refractivity contribution is 7.21. The normalized spacial score (nSPS) is 15.8. The first-order chi connectivity index (χ1) is 14.0. The number of amides is 1. The summed E-state index contributed by atoms with van der Waals surface area (Å²) in [5.74, 6) is 1.75. The van der Waals surface area contributed by atoms with E-state index in [9.17, 15) is 4.79 Å². The van der Waals surface area contributed by atoms with Gasteiger partial charge in [-0.2, -0.15) is 0 Å². The van der Waals surface area contributed by atoms with Crippen LogP contribution < -0.4 is 20.5 Å². The number of nitrogen functional groups attached to an aromatic ring is 1. The highest BCUT2D eigenvalue weighted by Crippen LogP contribution is 2.36. The molecular formula is C22H25N3O3S. The summed E-state index contributed by atoms with van der Waals surface area (Å²) < 4.78 is 10.6. The predicted molar refractivity (Wildman–Crippen MR) is 116 cm³/mol. The number of ether oxygens (including phenoxy) is 2. The second-order valence-corrected chi connectivity index (χ2v) is 8.51. The molecule has 0 aliphatic heterocycles. The number of fused-ring (bicyclic) bond motifs is 2. The van der Waals surface area contributed by atoms with Crippen LogP contribution >= 0.6 is 11.3 Å². The van der Waals surface area contributed by atoms with Crippen molar-refractivity contribution in [2.75, 3.05) is 20.0 Å². The van der Waals surface area contributed by atoms with Gasteiger partial charge in [-0.15, -0.1) is 11.3 Å². The lowest BCUT2D eigenvalue weighted by molar-refractivity contribution is 0.0956. The molecule has 0 fully saturated rings. The van der Waals surface area contributed by atoms with Crippen LogP contribution in [0.15, 0.2) is 24.3 Å². The van der Waals surface area contributed by atoms with Crippen LogP contribution in [-0.4, -0.2) is 25.1 Å². The van der Waals surface area contributed by atoms with Crippen molar-refractivity contribution in [1.82, 2.24) is 10.3 Å². The zero-order valence-corrected chi connectivity index (χ0v) is 17.7. The number of benzene rings is 1. The number of pyridine rings is 1. The highest BCUT2D eigenvalue weighted by Gasteiger charge is 2.22. The summed E-state index contributed by atoms with van der Waals surface area (Å²) in [5.41, 5.74) is 10.2. The molecule has 3 aromatic rings. The topological polar surface area (TPSA) is 86.5 Å². The Hall–Kier alpha value is -2.80. The van der Waals surface area contributed by atoms with E-state index in [1.54, 1.807) is 14.2 Å². The molecule has 0 radical (unpaired) electrons. The van der Waals surface area contributed by atoms with E-state index in [0.717, 1.165) is 40.7 Å². The van der Waals surface area contributed by atoms with Crippen LogP contribution in [0, 0.1) is 5.92 Å². The standard InChI is InChI=1S/C22H25N3O3S/c1-12-4-6-16-14(8-12)10-15-19(23)20(29-22(15)25-16)21(26)24-11-13-5-7-17(27-2)18(9-13)28-3/h5,7,9-10,12H,4,6,8,11,23H2,1-3H3,(H,24,26). The fourth-order valence-corrected chi connectivity index (χ4v) is 4.81. The summed E-state index contributed by atoms with van der Waals surface area (Å²) in [6.45, 7) is 2.63. The van der Waals surface area contributed by atoms with Crippen molar-refractivity contribution in [3.05, 3.63) is 46.0 Å². The average Bonchev–Trinajstić information content (AvgIpc) is 3.05. The minimum atomic E-state index is -0.188. The average molecular weight is 412 g/mol. The molecule has 152 valence electrons. The second-order valence-electron chi connectivity index (χ2n) is 7.51. The summed E-state index contributed by atoms with van der Waals surface area (Å²) in [7, 11) is 3.18. The molecule has 0 spiro atoms. The third kappa shape index (κ3) is 3.74. The van der Waals surface area contributed by atoms with Gasteiger partial charge in [0.2, 0.25) is 0 Å². The smallest absolute Gasteiger partial charge is 0.263 e. The summed E-state index contributed by atoms with van der Waals surface area (Å²) in [6.07, 6.45) is 3.17. The number of nitrogens with two attached hydrogens (primary N) is 1. The number of carbonyl (C=O) groups is 1. The van der Waals surface area contributed by atoms with Crippen LogP contribution in [0.4, 0.5) is 5.69 Å². The van der Waals surface area contributed by atoms with Gasteiger partial charge in [0.15, 0.2) is 11.5 Å². The first kappa shape index (κ1) is 19.5. The Labute approximate surface area is 174 Å². The molecule has 0 bridgehead atoms. The van der Waals surface area contributed by atoms with Gasteiger partial charge in [-0.3, -0.25) is 4.79 Å². The van der Waals surface area contributed by atoms with Gasteiger partial charge in [0.1, 0.15) is 9.71 Å². The molecule has 29 heavy (non-hydrogen) atoms. The van der Waals surface area contributed by atoms with Crippen LogP contribution in [0.25, 0.3) is 10.2 Å². The van der Waals surface area contributed by atoms with E-state index in [-0.39, 0.29) is 5.91 Å².